The van der Waals surface area contributed by atoms with Gasteiger partial charge in [0.2, 0.25) is 0 Å². The molecule has 0 fully saturated rings. The molecule has 1 atom stereocenters. The average molecular weight is 245 g/mol. The highest BCUT2D eigenvalue weighted by Gasteiger charge is 2.34. The fraction of sp³-hybridized carbons (Fsp3) is 0.923. The molecular weight excluding hydrogens is 218 g/mol. The highest BCUT2D eigenvalue weighted by atomic mass is 16.5. The van der Waals surface area contributed by atoms with Gasteiger partial charge < -0.3 is 15.2 Å². The Morgan fingerprint density at radius 2 is 1.82 bits per heavy atom. The molecule has 0 heterocycles. The topological polar surface area (TPSA) is 58.6 Å². The zero-order valence-electron chi connectivity index (χ0n) is 11.7. The monoisotopic (exact) mass is 245 g/mol. The van der Waals surface area contributed by atoms with Gasteiger partial charge in [0.25, 0.3) is 0 Å². The molecule has 4 nitrogen and oxygen atoms in total. The molecule has 2 N–H and O–H groups in total. The molecule has 0 aromatic rings. The lowest BCUT2D eigenvalue weighted by Crippen LogP contribution is -2.44. The summed E-state index contributed by atoms with van der Waals surface area (Å²) in [6.07, 6.45) is 1.49. The maximum absolute atomic E-state index is 11.3. The Labute approximate surface area is 105 Å². The minimum Gasteiger partial charge on any atom is -0.481 e. The van der Waals surface area contributed by atoms with E-state index in [-0.39, 0.29) is 12.1 Å². The number of ether oxygens (including phenoxy) is 1. The zero-order chi connectivity index (χ0) is 13.5. The van der Waals surface area contributed by atoms with E-state index in [9.17, 15) is 9.90 Å². The van der Waals surface area contributed by atoms with Gasteiger partial charge in [0.15, 0.2) is 0 Å². The molecule has 102 valence electrons. The van der Waals surface area contributed by atoms with E-state index in [1.807, 2.05) is 34.6 Å². The first-order valence-electron chi connectivity index (χ1n) is 6.46. The van der Waals surface area contributed by atoms with Gasteiger partial charge in [-0.15, -0.1) is 0 Å². The molecule has 4 heteroatoms. The average Bonchev–Trinajstić information content (AvgIpc) is 2.28. The summed E-state index contributed by atoms with van der Waals surface area (Å²) in [5, 5.41) is 12.5. The van der Waals surface area contributed by atoms with Crippen LogP contribution < -0.4 is 5.32 Å². The van der Waals surface area contributed by atoms with Crippen LogP contribution >= 0.6 is 0 Å². The van der Waals surface area contributed by atoms with Crippen LogP contribution in [-0.4, -0.2) is 36.4 Å². The third-order valence-electron chi connectivity index (χ3n) is 3.28. The summed E-state index contributed by atoms with van der Waals surface area (Å²) in [6, 6.07) is 0.175. The third kappa shape index (κ3) is 5.50. The summed E-state index contributed by atoms with van der Waals surface area (Å²) in [6.45, 7) is 11.0. The fourth-order valence-corrected chi connectivity index (χ4v) is 1.64. The van der Waals surface area contributed by atoms with Crippen LogP contribution in [0.3, 0.4) is 0 Å². The van der Waals surface area contributed by atoms with Gasteiger partial charge >= 0.3 is 5.97 Å². The van der Waals surface area contributed by atoms with Crippen molar-refractivity contribution < 1.29 is 14.6 Å². The van der Waals surface area contributed by atoms with Crippen molar-refractivity contribution in [3.63, 3.8) is 0 Å². The minimum absolute atomic E-state index is 0.175. The van der Waals surface area contributed by atoms with Crippen molar-refractivity contribution in [1.29, 1.82) is 0 Å². The van der Waals surface area contributed by atoms with Gasteiger partial charge in [0.1, 0.15) is 0 Å². The van der Waals surface area contributed by atoms with Crippen molar-refractivity contribution >= 4 is 5.97 Å². The normalized spacial score (nSPS) is 14.0. The number of hydrogen-bond acceptors (Lipinski definition) is 3. The summed E-state index contributed by atoms with van der Waals surface area (Å²) in [7, 11) is 0. The summed E-state index contributed by atoms with van der Waals surface area (Å²) < 4.78 is 5.49. The van der Waals surface area contributed by atoms with Crippen molar-refractivity contribution in [3.05, 3.63) is 0 Å². The predicted molar refractivity (Wildman–Crippen MR) is 69.2 cm³/mol. The van der Waals surface area contributed by atoms with Crippen molar-refractivity contribution in [2.24, 2.45) is 5.41 Å². The Balaban J connectivity index is 4.17. The zero-order valence-corrected chi connectivity index (χ0v) is 11.7. The molecule has 0 aromatic carbocycles. The quantitative estimate of drug-likeness (QED) is 0.654. The molecule has 0 radical (unpaired) electrons. The van der Waals surface area contributed by atoms with E-state index in [0.717, 1.165) is 0 Å². The molecule has 0 aliphatic carbocycles. The van der Waals surface area contributed by atoms with E-state index >= 15 is 0 Å². The number of hydrogen-bond donors (Lipinski definition) is 2. The van der Waals surface area contributed by atoms with Gasteiger partial charge in [0, 0.05) is 12.6 Å². The number of carboxylic acid groups (broad SMARTS) is 1. The standard InChI is InChI=1S/C13H27NO3/c1-6-13(7-2,12(15)16)9-14-11(5)8-17-10(3)4/h10-11,14H,6-9H2,1-5H3,(H,15,16). The lowest BCUT2D eigenvalue weighted by atomic mass is 9.82. The van der Waals surface area contributed by atoms with Crippen LogP contribution in [0.5, 0.6) is 0 Å². The van der Waals surface area contributed by atoms with E-state index < -0.39 is 11.4 Å². The van der Waals surface area contributed by atoms with E-state index in [2.05, 4.69) is 5.32 Å². The SMILES string of the molecule is CCC(CC)(CNC(C)COC(C)C)C(=O)O. The highest BCUT2D eigenvalue weighted by molar-refractivity contribution is 5.74. The lowest BCUT2D eigenvalue weighted by Gasteiger charge is -2.29. The summed E-state index contributed by atoms with van der Waals surface area (Å²) in [5.41, 5.74) is -0.647. The van der Waals surface area contributed by atoms with E-state index in [4.69, 9.17) is 4.74 Å². The molecule has 0 saturated heterocycles. The van der Waals surface area contributed by atoms with Gasteiger partial charge in [-0.1, -0.05) is 13.8 Å². The number of carboxylic acids is 1. The van der Waals surface area contributed by atoms with Crippen LogP contribution in [0.15, 0.2) is 0 Å². The Morgan fingerprint density at radius 3 is 2.18 bits per heavy atom. The van der Waals surface area contributed by atoms with Crippen molar-refractivity contribution in [3.8, 4) is 0 Å². The maximum Gasteiger partial charge on any atom is 0.310 e. The van der Waals surface area contributed by atoms with Gasteiger partial charge in [-0.05, 0) is 33.6 Å². The molecule has 0 bridgehead atoms. The molecule has 0 rings (SSSR count). The Kier molecular flexibility index (Phi) is 7.39. The maximum atomic E-state index is 11.3. The predicted octanol–water partition coefficient (Wildman–Crippen LogP) is 2.28. The largest absolute Gasteiger partial charge is 0.481 e. The van der Waals surface area contributed by atoms with Crippen LogP contribution in [0.25, 0.3) is 0 Å². The van der Waals surface area contributed by atoms with Crippen LogP contribution in [0.2, 0.25) is 0 Å². The van der Waals surface area contributed by atoms with Gasteiger partial charge in [0.05, 0.1) is 18.1 Å². The highest BCUT2D eigenvalue weighted by Crippen LogP contribution is 2.25. The van der Waals surface area contributed by atoms with E-state index in [1.165, 1.54) is 0 Å². The Bertz CT molecular complexity index is 225. The van der Waals surface area contributed by atoms with E-state index in [1.54, 1.807) is 0 Å². The number of nitrogens with one attached hydrogen (secondary N) is 1. The van der Waals surface area contributed by atoms with Crippen LogP contribution in [0.1, 0.15) is 47.5 Å². The number of aliphatic carboxylic acids is 1. The van der Waals surface area contributed by atoms with Gasteiger partial charge in [-0.3, -0.25) is 4.79 Å². The second-order valence-electron chi connectivity index (χ2n) is 4.96. The molecule has 0 amide bonds. The Hall–Kier alpha value is -0.610. The Morgan fingerprint density at radius 1 is 1.29 bits per heavy atom. The summed E-state index contributed by atoms with van der Waals surface area (Å²) in [5.74, 6) is -0.716. The van der Waals surface area contributed by atoms with Crippen LogP contribution in [0, 0.1) is 5.41 Å². The smallest absolute Gasteiger partial charge is 0.310 e. The molecular formula is C13H27NO3. The molecule has 1 unspecified atom stereocenters. The first-order valence-corrected chi connectivity index (χ1v) is 6.46. The molecule has 0 aliphatic heterocycles. The molecule has 0 aromatic heterocycles. The van der Waals surface area contributed by atoms with Gasteiger partial charge in [-0.2, -0.15) is 0 Å². The second-order valence-corrected chi connectivity index (χ2v) is 4.96. The fourth-order valence-electron chi connectivity index (χ4n) is 1.64. The molecule has 0 spiro atoms. The first-order chi connectivity index (χ1) is 7.88. The minimum atomic E-state index is -0.716. The second kappa shape index (κ2) is 7.67. The first kappa shape index (κ1) is 16.4. The van der Waals surface area contributed by atoms with E-state index in [0.29, 0.717) is 26.0 Å². The lowest BCUT2D eigenvalue weighted by molar-refractivity contribution is -0.149. The third-order valence-corrected chi connectivity index (χ3v) is 3.28. The summed E-state index contributed by atoms with van der Waals surface area (Å²) in [4.78, 5) is 11.3. The number of carbonyl (C=O) groups is 1. The van der Waals surface area contributed by atoms with Crippen LogP contribution in [0.4, 0.5) is 0 Å². The van der Waals surface area contributed by atoms with Gasteiger partial charge in [-0.25, -0.2) is 0 Å². The molecule has 17 heavy (non-hydrogen) atoms. The number of rotatable bonds is 9. The van der Waals surface area contributed by atoms with Crippen molar-refractivity contribution in [2.75, 3.05) is 13.2 Å². The summed E-state index contributed by atoms with van der Waals surface area (Å²) >= 11 is 0. The molecule has 0 aliphatic rings. The van der Waals surface area contributed by atoms with Crippen molar-refractivity contribution in [2.45, 2.75) is 59.6 Å². The van der Waals surface area contributed by atoms with Crippen LogP contribution in [-0.2, 0) is 9.53 Å². The molecule has 0 saturated carbocycles. The van der Waals surface area contributed by atoms with Crippen molar-refractivity contribution in [1.82, 2.24) is 5.32 Å².